The van der Waals surface area contributed by atoms with E-state index in [1.54, 1.807) is 4.68 Å². The first-order valence-corrected chi connectivity index (χ1v) is 5.81. The zero-order chi connectivity index (χ0) is 14.5. The number of hydrogen-bond donors (Lipinski definition) is 2. The number of H-pyrrole nitrogens is 1. The summed E-state index contributed by atoms with van der Waals surface area (Å²) in [7, 11) is 0. The van der Waals surface area contributed by atoms with Gasteiger partial charge in [-0.05, 0) is 39.9 Å². The van der Waals surface area contributed by atoms with Gasteiger partial charge < -0.3 is 5.32 Å². The van der Waals surface area contributed by atoms with Crippen LogP contribution in [0.4, 0.5) is 5.69 Å². The number of anilines is 1. The summed E-state index contributed by atoms with van der Waals surface area (Å²) in [6, 6.07) is 9.34. The fourth-order valence-electron chi connectivity index (χ4n) is 1.57. The number of benzene rings is 1. The number of aromatic amines is 1. The predicted molar refractivity (Wildman–Crippen MR) is 70.5 cm³/mol. The lowest BCUT2D eigenvalue weighted by Gasteiger charge is -2.03. The number of nitrogens with one attached hydrogen (secondary N) is 2. The first-order chi connectivity index (χ1) is 10.4. The normalized spacial score (nSPS) is 11.1. The fourth-order valence-corrected chi connectivity index (χ4v) is 1.57. The van der Waals surface area contributed by atoms with Crippen LogP contribution in [0.25, 0.3) is 11.3 Å². The summed E-state index contributed by atoms with van der Waals surface area (Å²) < 4.78 is 1.54. The van der Waals surface area contributed by atoms with Crippen molar-refractivity contribution in [1.29, 1.82) is 5.26 Å². The van der Waals surface area contributed by atoms with Gasteiger partial charge in [-0.15, -0.1) is 15.3 Å². The highest BCUT2D eigenvalue weighted by molar-refractivity contribution is 5.74. The van der Waals surface area contributed by atoms with Crippen molar-refractivity contribution < 1.29 is 0 Å². The molecule has 0 aliphatic heterocycles. The highest BCUT2D eigenvalue weighted by Gasteiger charge is 2.05. The molecule has 0 spiro atoms. The average molecular weight is 280 g/mol. The highest BCUT2D eigenvalue weighted by Crippen LogP contribution is 2.13. The van der Waals surface area contributed by atoms with E-state index in [2.05, 4.69) is 41.5 Å². The molecule has 102 valence electrons. The van der Waals surface area contributed by atoms with Crippen LogP contribution in [0.5, 0.6) is 0 Å². The summed E-state index contributed by atoms with van der Waals surface area (Å²) in [5.41, 5.74) is 1.89. The van der Waals surface area contributed by atoms with Crippen molar-refractivity contribution >= 4 is 11.3 Å². The van der Waals surface area contributed by atoms with Crippen LogP contribution in [0.2, 0.25) is 0 Å². The Morgan fingerprint density at radius 2 is 2.19 bits per heavy atom. The molecule has 3 aromatic rings. The molecule has 2 heterocycles. The summed E-state index contributed by atoms with van der Waals surface area (Å²) in [6.07, 6.45) is 3.02. The molecule has 0 saturated carbocycles. The Hall–Kier alpha value is -3.61. The quantitative estimate of drug-likeness (QED) is 0.645. The molecule has 0 aliphatic carbocycles. The number of rotatable bonds is 4. The minimum absolute atomic E-state index is 0.232. The molecule has 2 aromatic heterocycles. The first-order valence-electron chi connectivity index (χ1n) is 5.81. The second kappa shape index (κ2) is 5.57. The van der Waals surface area contributed by atoms with Gasteiger partial charge in [-0.2, -0.15) is 10.5 Å². The van der Waals surface area contributed by atoms with E-state index in [0.717, 1.165) is 11.4 Å². The van der Waals surface area contributed by atoms with E-state index in [-0.39, 0.29) is 11.4 Å². The van der Waals surface area contributed by atoms with Crippen molar-refractivity contribution in [1.82, 2.24) is 40.8 Å². The van der Waals surface area contributed by atoms with E-state index in [0.29, 0.717) is 0 Å². The monoisotopic (exact) mass is 280 g/mol. The smallest absolute Gasteiger partial charge is 0.216 e. The van der Waals surface area contributed by atoms with Crippen molar-refractivity contribution in [3.63, 3.8) is 0 Å². The predicted octanol–water partition coefficient (Wildman–Crippen LogP) is 0.152. The lowest BCUT2D eigenvalue weighted by molar-refractivity contribution is 0.789. The Labute approximate surface area is 118 Å². The van der Waals surface area contributed by atoms with Crippen LogP contribution in [0, 0.1) is 11.3 Å². The number of hydrogen-bond acceptors (Lipinski definition) is 8. The molecule has 3 rings (SSSR count). The molecular weight excluding hydrogens is 272 g/mol. The maximum Gasteiger partial charge on any atom is 0.216 e. The second-order valence-corrected chi connectivity index (χ2v) is 3.85. The largest absolute Gasteiger partial charge is 0.360 e. The Morgan fingerprint density at radius 1 is 1.33 bits per heavy atom. The van der Waals surface area contributed by atoms with Crippen LogP contribution in [0.3, 0.4) is 0 Å². The average Bonchev–Trinajstić information content (AvgIpc) is 3.22. The highest BCUT2D eigenvalue weighted by atomic mass is 15.5. The molecule has 1 aromatic carbocycles. The van der Waals surface area contributed by atoms with Gasteiger partial charge in [-0.3, -0.25) is 0 Å². The van der Waals surface area contributed by atoms with Gasteiger partial charge in [0.1, 0.15) is 18.0 Å². The van der Waals surface area contributed by atoms with Gasteiger partial charge in [0.2, 0.25) is 5.82 Å². The van der Waals surface area contributed by atoms with Gasteiger partial charge in [-0.25, -0.2) is 4.68 Å². The maximum absolute atomic E-state index is 9.04. The number of tetrazole rings is 2. The third kappa shape index (κ3) is 2.71. The zero-order valence-corrected chi connectivity index (χ0v) is 10.5. The minimum atomic E-state index is 0.232. The van der Waals surface area contributed by atoms with Gasteiger partial charge in [0.25, 0.3) is 0 Å². The summed E-state index contributed by atoms with van der Waals surface area (Å²) >= 11 is 0. The lowest BCUT2D eigenvalue weighted by Crippen LogP contribution is -1.96. The molecule has 10 heteroatoms. The van der Waals surface area contributed by atoms with Crippen LogP contribution in [-0.4, -0.2) is 40.8 Å². The lowest BCUT2D eigenvalue weighted by atomic mass is 10.2. The van der Waals surface area contributed by atoms with Crippen molar-refractivity contribution in [2.45, 2.75) is 0 Å². The summed E-state index contributed by atoms with van der Waals surface area (Å²) in [5.74, 6) is 0.232. The molecule has 0 unspecified atom stereocenters. The number of nitrogens with zero attached hydrogens (tertiary/aromatic N) is 8. The maximum atomic E-state index is 9.04. The van der Waals surface area contributed by atoms with Gasteiger partial charge in [0, 0.05) is 11.9 Å². The van der Waals surface area contributed by atoms with E-state index in [4.69, 9.17) is 5.26 Å². The molecule has 0 saturated heterocycles. The van der Waals surface area contributed by atoms with Crippen molar-refractivity contribution in [2.75, 3.05) is 5.32 Å². The molecule has 0 bridgehead atoms. The molecule has 0 fully saturated rings. The topological polar surface area (TPSA) is 134 Å². The summed E-state index contributed by atoms with van der Waals surface area (Å²) in [5, 5.41) is 36.1. The minimum Gasteiger partial charge on any atom is -0.360 e. The molecule has 0 atom stereocenters. The standard InChI is InChI=1S/C11H8N10/c12-5-8(11-15-18-19-16-11)6-13-9-1-3-10(4-2-9)21-7-14-17-20-21/h1-4,6-7,13H,(H,15,16,18,19). The van der Waals surface area contributed by atoms with Crippen LogP contribution in [0.15, 0.2) is 36.8 Å². The van der Waals surface area contributed by atoms with Gasteiger partial charge in [0.15, 0.2) is 0 Å². The molecule has 0 aliphatic rings. The van der Waals surface area contributed by atoms with E-state index in [1.165, 1.54) is 12.5 Å². The molecule has 10 nitrogen and oxygen atoms in total. The Bertz CT molecular complexity index is 764. The van der Waals surface area contributed by atoms with E-state index >= 15 is 0 Å². The van der Waals surface area contributed by atoms with Crippen LogP contribution >= 0.6 is 0 Å². The van der Waals surface area contributed by atoms with E-state index in [9.17, 15) is 0 Å². The van der Waals surface area contributed by atoms with Crippen LogP contribution < -0.4 is 5.32 Å². The molecule has 0 amide bonds. The fraction of sp³-hybridized carbons (Fsp3) is 0. The van der Waals surface area contributed by atoms with E-state index < -0.39 is 0 Å². The van der Waals surface area contributed by atoms with Crippen molar-refractivity contribution in [3.8, 4) is 11.8 Å². The summed E-state index contributed by atoms with van der Waals surface area (Å²) in [4.78, 5) is 0. The number of aromatic nitrogens is 8. The molecule has 0 radical (unpaired) electrons. The van der Waals surface area contributed by atoms with Gasteiger partial charge >= 0.3 is 0 Å². The van der Waals surface area contributed by atoms with E-state index in [1.807, 2.05) is 30.3 Å². The molecule has 2 N–H and O–H groups in total. The third-order valence-electron chi connectivity index (χ3n) is 2.57. The number of allylic oxidation sites excluding steroid dienone is 1. The van der Waals surface area contributed by atoms with Crippen LogP contribution in [0.1, 0.15) is 5.82 Å². The van der Waals surface area contributed by atoms with Crippen molar-refractivity contribution in [2.24, 2.45) is 0 Å². The Kier molecular flexibility index (Phi) is 3.30. The second-order valence-electron chi connectivity index (χ2n) is 3.85. The molecule has 21 heavy (non-hydrogen) atoms. The van der Waals surface area contributed by atoms with Gasteiger partial charge in [0.05, 0.1) is 5.69 Å². The van der Waals surface area contributed by atoms with Crippen molar-refractivity contribution in [3.05, 3.63) is 42.6 Å². The summed E-state index contributed by atoms with van der Waals surface area (Å²) in [6.45, 7) is 0. The molecular formula is C11H8N10. The first kappa shape index (κ1) is 12.4. The van der Waals surface area contributed by atoms with Gasteiger partial charge in [-0.1, -0.05) is 0 Å². The van der Waals surface area contributed by atoms with Crippen LogP contribution in [-0.2, 0) is 0 Å². The zero-order valence-electron chi connectivity index (χ0n) is 10.5. The number of nitriles is 1. The SMILES string of the molecule is N#CC(=CNc1ccc(-n2cnnn2)cc1)c1nn[nH]n1. The Balaban J connectivity index is 1.75. The third-order valence-corrected chi connectivity index (χ3v) is 2.57. The Morgan fingerprint density at radius 3 is 2.81 bits per heavy atom.